The van der Waals surface area contributed by atoms with E-state index in [1.165, 1.54) is 12.1 Å². The maximum Gasteiger partial charge on any atom is 0.135 e. The molecular formula is C16H20FN3. The molecule has 106 valence electrons. The summed E-state index contributed by atoms with van der Waals surface area (Å²) >= 11 is 0. The van der Waals surface area contributed by atoms with Crippen LogP contribution in [0.3, 0.4) is 0 Å². The number of nitrogens with zero attached hydrogens (tertiary/aromatic N) is 2. The summed E-state index contributed by atoms with van der Waals surface area (Å²) in [6.45, 7) is 6.27. The third-order valence-corrected chi connectivity index (χ3v) is 2.80. The van der Waals surface area contributed by atoms with Crippen molar-refractivity contribution in [3.8, 4) is 0 Å². The molecule has 0 saturated heterocycles. The largest absolute Gasteiger partial charge is 0.365 e. The van der Waals surface area contributed by atoms with E-state index in [0.717, 1.165) is 17.3 Å². The first kappa shape index (κ1) is 14.3. The molecule has 0 amide bonds. The highest BCUT2D eigenvalue weighted by Gasteiger charge is 2.11. The number of benzene rings is 1. The van der Waals surface area contributed by atoms with E-state index in [1.54, 1.807) is 12.1 Å². The molecule has 1 aromatic carbocycles. The van der Waals surface area contributed by atoms with Gasteiger partial charge in [-0.05, 0) is 57.2 Å². The molecule has 3 nitrogen and oxygen atoms in total. The number of hydrogen-bond donors (Lipinski definition) is 1. The highest BCUT2D eigenvalue weighted by Crippen LogP contribution is 2.23. The molecule has 0 atom stereocenters. The van der Waals surface area contributed by atoms with Crippen molar-refractivity contribution in [3.05, 3.63) is 48.3 Å². The van der Waals surface area contributed by atoms with Crippen molar-refractivity contribution < 1.29 is 4.39 Å². The predicted octanol–water partition coefficient (Wildman–Crippen LogP) is 4.20. The van der Waals surface area contributed by atoms with E-state index >= 15 is 0 Å². The van der Waals surface area contributed by atoms with E-state index in [1.807, 2.05) is 30.1 Å². The van der Waals surface area contributed by atoms with Crippen molar-refractivity contribution in [2.75, 3.05) is 17.3 Å². The summed E-state index contributed by atoms with van der Waals surface area (Å²) in [6.07, 6.45) is 0. The van der Waals surface area contributed by atoms with Crippen LogP contribution in [0.5, 0.6) is 0 Å². The van der Waals surface area contributed by atoms with Crippen LogP contribution in [-0.2, 0) is 0 Å². The van der Waals surface area contributed by atoms with Gasteiger partial charge in [-0.3, -0.25) is 0 Å². The lowest BCUT2D eigenvalue weighted by Gasteiger charge is -2.23. The molecule has 1 aromatic heterocycles. The zero-order valence-electron chi connectivity index (χ0n) is 12.3. The molecule has 0 radical (unpaired) electrons. The third-order valence-electron chi connectivity index (χ3n) is 2.80. The van der Waals surface area contributed by atoms with Crippen molar-refractivity contribution in [2.45, 2.75) is 26.3 Å². The van der Waals surface area contributed by atoms with Gasteiger partial charge in [-0.2, -0.15) is 0 Å². The van der Waals surface area contributed by atoms with Gasteiger partial charge in [0.15, 0.2) is 0 Å². The summed E-state index contributed by atoms with van der Waals surface area (Å²) in [6, 6.07) is 12.2. The molecule has 2 aromatic rings. The van der Waals surface area contributed by atoms with Crippen LogP contribution >= 0.6 is 0 Å². The van der Waals surface area contributed by atoms with Gasteiger partial charge >= 0.3 is 0 Å². The lowest BCUT2D eigenvalue weighted by molar-refractivity contribution is 0.627. The van der Waals surface area contributed by atoms with Gasteiger partial charge in [0.2, 0.25) is 0 Å². The Morgan fingerprint density at radius 3 is 2.30 bits per heavy atom. The average molecular weight is 273 g/mol. The van der Waals surface area contributed by atoms with Crippen LogP contribution in [0.15, 0.2) is 42.5 Å². The first-order valence-corrected chi connectivity index (χ1v) is 6.60. The summed E-state index contributed by atoms with van der Waals surface area (Å²) in [4.78, 5) is 6.50. The number of nitrogens with one attached hydrogen (secondary N) is 1. The van der Waals surface area contributed by atoms with Crippen LogP contribution in [0, 0.1) is 5.82 Å². The van der Waals surface area contributed by atoms with E-state index in [0.29, 0.717) is 0 Å². The van der Waals surface area contributed by atoms with Crippen LogP contribution in [0.1, 0.15) is 20.8 Å². The monoisotopic (exact) mass is 273 g/mol. The number of pyridine rings is 1. The van der Waals surface area contributed by atoms with Gasteiger partial charge < -0.3 is 10.2 Å². The molecule has 0 spiro atoms. The molecule has 0 unspecified atom stereocenters. The normalized spacial score (nSPS) is 11.2. The first-order chi connectivity index (χ1) is 9.35. The molecule has 0 aliphatic carbocycles. The van der Waals surface area contributed by atoms with Crippen molar-refractivity contribution in [3.63, 3.8) is 0 Å². The summed E-state index contributed by atoms with van der Waals surface area (Å²) in [5.41, 5.74) is 0.854. The number of hydrogen-bond acceptors (Lipinski definition) is 3. The van der Waals surface area contributed by atoms with Gasteiger partial charge in [-0.1, -0.05) is 6.07 Å². The summed E-state index contributed by atoms with van der Waals surface area (Å²) in [5.74, 6) is 1.40. The zero-order valence-corrected chi connectivity index (χ0v) is 12.3. The Hall–Kier alpha value is -2.10. The molecular weight excluding hydrogens is 253 g/mol. The number of rotatable bonds is 3. The Labute approximate surface area is 119 Å². The SMILES string of the molecule is CN(c1ccc(F)cc1)c1cccc(NC(C)(C)C)n1. The zero-order chi connectivity index (χ0) is 14.8. The van der Waals surface area contributed by atoms with Gasteiger partial charge in [0.25, 0.3) is 0 Å². The third kappa shape index (κ3) is 3.70. The fraction of sp³-hybridized carbons (Fsp3) is 0.312. The summed E-state index contributed by atoms with van der Waals surface area (Å²) in [7, 11) is 1.91. The molecule has 0 bridgehead atoms. The Morgan fingerprint density at radius 2 is 1.70 bits per heavy atom. The topological polar surface area (TPSA) is 28.2 Å². The Morgan fingerprint density at radius 1 is 1.05 bits per heavy atom. The van der Waals surface area contributed by atoms with Crippen LogP contribution < -0.4 is 10.2 Å². The summed E-state index contributed by atoms with van der Waals surface area (Å²) < 4.78 is 13.0. The van der Waals surface area contributed by atoms with Crippen LogP contribution in [0.25, 0.3) is 0 Å². The first-order valence-electron chi connectivity index (χ1n) is 6.60. The fourth-order valence-electron chi connectivity index (χ4n) is 1.86. The van der Waals surface area contributed by atoms with Crippen LogP contribution in [0.4, 0.5) is 21.7 Å². The van der Waals surface area contributed by atoms with Crippen molar-refractivity contribution in [1.29, 1.82) is 0 Å². The minimum absolute atomic E-state index is 0.0416. The van der Waals surface area contributed by atoms with E-state index in [9.17, 15) is 4.39 Å². The molecule has 0 aliphatic rings. The maximum absolute atomic E-state index is 13.0. The molecule has 0 aliphatic heterocycles. The standard InChI is InChI=1S/C16H20FN3/c1-16(2,3)19-14-6-5-7-15(18-14)20(4)13-10-8-12(17)9-11-13/h5-11H,1-4H3,(H,18,19). The average Bonchev–Trinajstić information content (AvgIpc) is 2.37. The second-order valence-electron chi connectivity index (χ2n) is 5.79. The maximum atomic E-state index is 13.0. The smallest absolute Gasteiger partial charge is 0.135 e. The van der Waals surface area contributed by atoms with Crippen molar-refractivity contribution >= 4 is 17.3 Å². The molecule has 1 N–H and O–H groups in total. The van der Waals surface area contributed by atoms with Gasteiger partial charge in [0, 0.05) is 18.3 Å². The van der Waals surface area contributed by atoms with E-state index in [4.69, 9.17) is 0 Å². The number of halogens is 1. The number of anilines is 3. The van der Waals surface area contributed by atoms with E-state index in [-0.39, 0.29) is 11.4 Å². The van der Waals surface area contributed by atoms with Crippen LogP contribution in [-0.4, -0.2) is 17.6 Å². The van der Waals surface area contributed by atoms with Crippen molar-refractivity contribution in [2.24, 2.45) is 0 Å². The summed E-state index contributed by atoms with van der Waals surface area (Å²) in [5, 5.41) is 3.34. The molecule has 1 heterocycles. The molecule has 4 heteroatoms. The lowest BCUT2D eigenvalue weighted by Crippen LogP contribution is -2.27. The fourth-order valence-corrected chi connectivity index (χ4v) is 1.86. The lowest BCUT2D eigenvalue weighted by atomic mass is 10.1. The second kappa shape index (κ2) is 5.49. The number of aromatic nitrogens is 1. The van der Waals surface area contributed by atoms with Crippen molar-refractivity contribution in [1.82, 2.24) is 4.98 Å². The van der Waals surface area contributed by atoms with Gasteiger partial charge in [0.05, 0.1) is 0 Å². The predicted molar refractivity (Wildman–Crippen MR) is 82.1 cm³/mol. The highest BCUT2D eigenvalue weighted by molar-refractivity contribution is 5.60. The Bertz CT molecular complexity index is 573. The Kier molecular flexibility index (Phi) is 3.93. The molecule has 20 heavy (non-hydrogen) atoms. The van der Waals surface area contributed by atoms with Crippen LogP contribution in [0.2, 0.25) is 0 Å². The highest BCUT2D eigenvalue weighted by atomic mass is 19.1. The minimum atomic E-state index is -0.238. The van der Waals surface area contributed by atoms with E-state index in [2.05, 4.69) is 31.1 Å². The minimum Gasteiger partial charge on any atom is -0.365 e. The molecule has 0 saturated carbocycles. The van der Waals surface area contributed by atoms with Gasteiger partial charge in [0.1, 0.15) is 17.5 Å². The molecule has 0 fully saturated rings. The van der Waals surface area contributed by atoms with E-state index < -0.39 is 0 Å². The second-order valence-corrected chi connectivity index (χ2v) is 5.79. The van der Waals surface area contributed by atoms with Gasteiger partial charge in [-0.25, -0.2) is 9.37 Å². The Balaban J connectivity index is 2.24. The van der Waals surface area contributed by atoms with Gasteiger partial charge in [-0.15, -0.1) is 0 Å². The quantitative estimate of drug-likeness (QED) is 0.908. The molecule has 2 rings (SSSR count).